The zero-order valence-electron chi connectivity index (χ0n) is 9.53. The molecule has 96 valence electrons. The van der Waals surface area contributed by atoms with E-state index in [2.05, 4.69) is 37.7 Å². The zero-order chi connectivity index (χ0) is 12.8. The molecular weight excluding hydrogens is 352 g/mol. The number of nitrogens with zero attached hydrogens (tertiary/aromatic N) is 1. The Morgan fingerprint density at radius 2 is 2.39 bits per heavy atom. The molecule has 2 aromatic heterocycles. The lowest BCUT2D eigenvalue weighted by Crippen LogP contribution is -2.15. The van der Waals surface area contributed by atoms with Crippen LogP contribution in [0.3, 0.4) is 0 Å². The van der Waals surface area contributed by atoms with Gasteiger partial charge in [-0.15, -0.1) is 23.1 Å². The van der Waals surface area contributed by atoms with E-state index in [9.17, 15) is 0 Å². The summed E-state index contributed by atoms with van der Waals surface area (Å²) in [6, 6.07) is 5.85. The van der Waals surface area contributed by atoms with Crippen molar-refractivity contribution in [1.82, 2.24) is 10.3 Å². The molecule has 0 atom stereocenters. The summed E-state index contributed by atoms with van der Waals surface area (Å²) in [6.45, 7) is 1.85. The molecule has 0 amide bonds. The maximum absolute atomic E-state index is 6.03. The minimum Gasteiger partial charge on any atom is -0.311 e. The fraction of sp³-hybridized carbons (Fsp3) is 0.250. The van der Waals surface area contributed by atoms with E-state index in [0.29, 0.717) is 0 Å². The van der Waals surface area contributed by atoms with Gasteiger partial charge in [0.25, 0.3) is 0 Å². The van der Waals surface area contributed by atoms with Crippen LogP contribution >= 0.6 is 50.6 Å². The van der Waals surface area contributed by atoms with Crippen molar-refractivity contribution in [2.24, 2.45) is 0 Å². The molecule has 0 aromatic carbocycles. The lowest BCUT2D eigenvalue weighted by Gasteiger charge is -2.04. The molecule has 0 saturated carbocycles. The number of nitrogens with one attached hydrogen (secondary N) is 1. The molecule has 1 N–H and O–H groups in total. The predicted octanol–water partition coefficient (Wildman–Crippen LogP) is 4.44. The third kappa shape index (κ3) is 4.55. The number of halogens is 2. The topological polar surface area (TPSA) is 24.9 Å². The van der Waals surface area contributed by atoms with Gasteiger partial charge in [-0.1, -0.05) is 11.6 Å². The molecule has 2 heterocycles. The third-order valence-corrected chi connectivity index (χ3v) is 5.28. The predicted molar refractivity (Wildman–Crippen MR) is 83.7 cm³/mol. The number of hydrogen-bond acceptors (Lipinski definition) is 4. The first-order valence-electron chi connectivity index (χ1n) is 5.42. The first-order chi connectivity index (χ1) is 8.75. The Labute approximate surface area is 128 Å². The van der Waals surface area contributed by atoms with Crippen LogP contribution in [0, 0.1) is 0 Å². The van der Waals surface area contributed by atoms with Crippen molar-refractivity contribution in [3.63, 3.8) is 0 Å². The minimum absolute atomic E-state index is 0.727. The van der Waals surface area contributed by atoms with Crippen LogP contribution in [0.5, 0.6) is 0 Å². The van der Waals surface area contributed by atoms with E-state index in [-0.39, 0.29) is 0 Å². The molecule has 2 rings (SSSR count). The second-order valence-electron chi connectivity index (χ2n) is 3.55. The largest absolute Gasteiger partial charge is 0.311 e. The average molecular weight is 364 g/mol. The van der Waals surface area contributed by atoms with Gasteiger partial charge in [0.15, 0.2) is 0 Å². The highest BCUT2D eigenvalue weighted by atomic mass is 79.9. The van der Waals surface area contributed by atoms with Crippen molar-refractivity contribution in [2.75, 3.05) is 12.3 Å². The Balaban J connectivity index is 1.66. The Bertz CT molecular complexity index is 504. The van der Waals surface area contributed by atoms with E-state index in [1.807, 2.05) is 12.1 Å². The van der Waals surface area contributed by atoms with E-state index < -0.39 is 0 Å². The van der Waals surface area contributed by atoms with Gasteiger partial charge < -0.3 is 5.32 Å². The molecule has 0 aliphatic heterocycles. The highest BCUT2D eigenvalue weighted by Gasteiger charge is 2.01. The molecule has 6 heteroatoms. The molecule has 0 aliphatic rings. The summed E-state index contributed by atoms with van der Waals surface area (Å²) in [5, 5.41) is 7.13. The van der Waals surface area contributed by atoms with Gasteiger partial charge in [-0.2, -0.15) is 0 Å². The van der Waals surface area contributed by atoms with Gasteiger partial charge in [-0.05, 0) is 34.1 Å². The average Bonchev–Trinajstić information content (AvgIpc) is 2.77. The Kier molecular flexibility index (Phi) is 5.98. The van der Waals surface area contributed by atoms with Crippen LogP contribution in [0.2, 0.25) is 5.02 Å². The minimum atomic E-state index is 0.727. The quantitative estimate of drug-likeness (QED) is 0.606. The molecule has 0 unspecified atom stereocenters. The van der Waals surface area contributed by atoms with Gasteiger partial charge in [0.05, 0.1) is 5.02 Å². The van der Waals surface area contributed by atoms with Crippen LogP contribution in [0.25, 0.3) is 0 Å². The molecule has 0 saturated heterocycles. The van der Waals surface area contributed by atoms with Crippen LogP contribution in [0.4, 0.5) is 0 Å². The van der Waals surface area contributed by atoms with Gasteiger partial charge in [-0.25, -0.2) is 4.98 Å². The lowest BCUT2D eigenvalue weighted by molar-refractivity contribution is 0.740. The van der Waals surface area contributed by atoms with E-state index in [4.69, 9.17) is 11.6 Å². The van der Waals surface area contributed by atoms with Crippen LogP contribution < -0.4 is 5.32 Å². The molecule has 0 bridgehead atoms. The summed E-state index contributed by atoms with van der Waals surface area (Å²) in [5.41, 5.74) is 0. The first kappa shape index (κ1) is 14.3. The lowest BCUT2D eigenvalue weighted by atomic mass is 10.4. The van der Waals surface area contributed by atoms with E-state index in [0.717, 1.165) is 33.4 Å². The summed E-state index contributed by atoms with van der Waals surface area (Å²) in [7, 11) is 0. The van der Waals surface area contributed by atoms with Gasteiger partial charge in [-0.3, -0.25) is 0 Å². The van der Waals surface area contributed by atoms with Crippen molar-refractivity contribution in [3.8, 4) is 0 Å². The number of hydrogen-bond donors (Lipinski definition) is 1. The summed E-state index contributed by atoms with van der Waals surface area (Å²) in [6.07, 6.45) is 1.77. The fourth-order valence-electron chi connectivity index (χ4n) is 1.36. The molecule has 0 spiro atoms. The second-order valence-corrected chi connectivity index (χ2v) is 6.95. The molecule has 0 fully saturated rings. The summed E-state index contributed by atoms with van der Waals surface area (Å²) in [5.74, 6) is 0.962. The highest BCUT2D eigenvalue weighted by molar-refractivity contribution is 9.10. The van der Waals surface area contributed by atoms with E-state index in [1.54, 1.807) is 29.3 Å². The van der Waals surface area contributed by atoms with Crippen molar-refractivity contribution in [1.29, 1.82) is 0 Å². The molecule has 0 aliphatic carbocycles. The zero-order valence-corrected chi connectivity index (χ0v) is 13.5. The highest BCUT2D eigenvalue weighted by Crippen LogP contribution is 2.23. The van der Waals surface area contributed by atoms with Crippen LogP contribution in [-0.2, 0) is 6.54 Å². The normalized spacial score (nSPS) is 10.8. The number of thiophene rings is 1. The van der Waals surface area contributed by atoms with E-state index in [1.165, 1.54) is 4.88 Å². The van der Waals surface area contributed by atoms with Crippen LogP contribution in [0.1, 0.15) is 4.88 Å². The van der Waals surface area contributed by atoms with Gasteiger partial charge in [0.2, 0.25) is 0 Å². The maximum atomic E-state index is 6.03. The third-order valence-electron chi connectivity index (χ3n) is 2.16. The fourth-order valence-corrected chi connectivity index (χ4v) is 3.84. The number of rotatable bonds is 6. The standard InChI is InChI=1S/C12H12BrClN2S2/c13-9-6-10(18-8-9)7-15-4-5-17-12-11(14)2-1-3-16-12/h1-3,6,8,15H,4-5,7H2. The molecule has 18 heavy (non-hydrogen) atoms. The SMILES string of the molecule is Clc1cccnc1SCCNCc1cc(Br)cs1. The van der Waals surface area contributed by atoms with Gasteiger partial charge >= 0.3 is 0 Å². The Morgan fingerprint density at radius 3 is 3.11 bits per heavy atom. The molecule has 2 nitrogen and oxygen atoms in total. The van der Waals surface area contributed by atoms with Crippen LogP contribution in [0.15, 0.2) is 39.3 Å². The van der Waals surface area contributed by atoms with Crippen molar-refractivity contribution in [3.05, 3.63) is 44.1 Å². The first-order valence-corrected chi connectivity index (χ1v) is 8.46. The smallest absolute Gasteiger partial charge is 0.115 e. The summed E-state index contributed by atoms with van der Waals surface area (Å²) >= 11 is 12.9. The molecule has 0 radical (unpaired) electrons. The Hall–Kier alpha value is -0.0700. The van der Waals surface area contributed by atoms with Crippen LogP contribution in [-0.4, -0.2) is 17.3 Å². The Morgan fingerprint density at radius 1 is 1.50 bits per heavy atom. The summed E-state index contributed by atoms with van der Waals surface area (Å²) < 4.78 is 1.15. The summed E-state index contributed by atoms with van der Waals surface area (Å²) in [4.78, 5) is 5.57. The van der Waals surface area contributed by atoms with E-state index >= 15 is 0 Å². The van der Waals surface area contributed by atoms with Crippen molar-refractivity contribution in [2.45, 2.75) is 11.6 Å². The maximum Gasteiger partial charge on any atom is 0.115 e. The number of pyridine rings is 1. The van der Waals surface area contributed by atoms with Gasteiger partial charge in [0, 0.05) is 39.8 Å². The van der Waals surface area contributed by atoms with Crippen molar-refractivity contribution >= 4 is 50.6 Å². The molecule has 2 aromatic rings. The molecular formula is C12H12BrClN2S2. The second kappa shape index (κ2) is 7.50. The number of aromatic nitrogens is 1. The van der Waals surface area contributed by atoms with Gasteiger partial charge in [0.1, 0.15) is 5.03 Å². The monoisotopic (exact) mass is 362 g/mol. The number of thioether (sulfide) groups is 1. The van der Waals surface area contributed by atoms with Crippen molar-refractivity contribution < 1.29 is 0 Å².